The molecule has 2 N–H and O–H groups in total. The molecule has 2 nitrogen and oxygen atoms in total. The molecule has 0 saturated heterocycles. The van der Waals surface area contributed by atoms with Crippen LogP contribution in [0.2, 0.25) is 5.02 Å². The largest absolute Gasteiger partial charge is 0.405 e. The first-order valence-corrected chi connectivity index (χ1v) is 5.44. The molecule has 17 heavy (non-hydrogen) atoms. The maximum absolute atomic E-state index is 12.6. The molecule has 0 saturated carbocycles. The van der Waals surface area contributed by atoms with Crippen molar-refractivity contribution in [2.24, 2.45) is 5.73 Å². The fraction of sp³-hybridized carbons (Fsp3) is 0.455. The van der Waals surface area contributed by atoms with Gasteiger partial charge < -0.3 is 5.73 Å². The van der Waals surface area contributed by atoms with Crippen LogP contribution in [0.1, 0.15) is 5.56 Å². The number of rotatable bonds is 4. The fourth-order valence-electron chi connectivity index (χ4n) is 1.60. The molecule has 1 rings (SSSR count). The van der Waals surface area contributed by atoms with E-state index in [9.17, 15) is 13.2 Å². The number of benzene rings is 1. The standard InChI is InChI=1S/C11H14ClF3N2/c1-17(10(6-16)11(13,14)15)7-8-3-2-4-9(12)5-8/h2-5,10H,6-7,16H2,1H3. The quantitative estimate of drug-likeness (QED) is 0.908. The van der Waals surface area contributed by atoms with Crippen molar-refractivity contribution in [3.63, 3.8) is 0 Å². The van der Waals surface area contributed by atoms with Crippen molar-refractivity contribution in [2.45, 2.75) is 18.8 Å². The van der Waals surface area contributed by atoms with E-state index in [1.165, 1.54) is 11.9 Å². The normalized spacial score (nSPS) is 14.1. The second-order valence-corrected chi connectivity index (χ2v) is 4.27. The van der Waals surface area contributed by atoms with Gasteiger partial charge in [-0.05, 0) is 24.7 Å². The van der Waals surface area contributed by atoms with Crippen LogP contribution in [0.4, 0.5) is 13.2 Å². The first-order valence-electron chi connectivity index (χ1n) is 5.06. The van der Waals surface area contributed by atoms with E-state index in [2.05, 4.69) is 0 Å². The van der Waals surface area contributed by atoms with E-state index in [1.54, 1.807) is 24.3 Å². The summed E-state index contributed by atoms with van der Waals surface area (Å²) in [6.07, 6.45) is -4.32. The van der Waals surface area contributed by atoms with Gasteiger partial charge in [0.2, 0.25) is 0 Å². The highest BCUT2D eigenvalue weighted by molar-refractivity contribution is 6.30. The molecule has 0 fully saturated rings. The van der Waals surface area contributed by atoms with Gasteiger partial charge >= 0.3 is 6.18 Å². The van der Waals surface area contributed by atoms with Crippen LogP contribution in [-0.2, 0) is 6.54 Å². The van der Waals surface area contributed by atoms with Crippen molar-refractivity contribution < 1.29 is 13.2 Å². The highest BCUT2D eigenvalue weighted by Crippen LogP contribution is 2.24. The molecule has 96 valence electrons. The maximum Gasteiger partial charge on any atom is 0.405 e. The second-order valence-electron chi connectivity index (χ2n) is 3.84. The molecule has 0 aliphatic heterocycles. The summed E-state index contributed by atoms with van der Waals surface area (Å²) in [5.41, 5.74) is 5.88. The molecule has 0 radical (unpaired) electrons. The Morgan fingerprint density at radius 3 is 2.53 bits per heavy atom. The Balaban J connectivity index is 2.74. The molecule has 1 atom stereocenters. The van der Waals surface area contributed by atoms with Crippen molar-refractivity contribution in [2.75, 3.05) is 13.6 Å². The van der Waals surface area contributed by atoms with E-state index in [4.69, 9.17) is 17.3 Å². The third kappa shape index (κ3) is 4.18. The summed E-state index contributed by atoms with van der Waals surface area (Å²) in [4.78, 5) is 1.17. The van der Waals surface area contributed by atoms with Crippen LogP contribution in [-0.4, -0.2) is 30.7 Å². The van der Waals surface area contributed by atoms with Crippen LogP contribution in [0.25, 0.3) is 0 Å². The van der Waals surface area contributed by atoms with Gasteiger partial charge in [-0.3, -0.25) is 4.90 Å². The topological polar surface area (TPSA) is 29.3 Å². The molecule has 0 bridgehead atoms. The predicted octanol–water partition coefficient (Wildman–Crippen LogP) is 2.66. The molecule has 0 spiro atoms. The van der Waals surface area contributed by atoms with Crippen molar-refractivity contribution in [3.8, 4) is 0 Å². The van der Waals surface area contributed by atoms with Gasteiger partial charge in [0.25, 0.3) is 0 Å². The van der Waals surface area contributed by atoms with Gasteiger partial charge in [-0.15, -0.1) is 0 Å². The summed E-state index contributed by atoms with van der Waals surface area (Å²) in [6, 6.07) is 5.11. The van der Waals surface area contributed by atoms with E-state index < -0.39 is 18.8 Å². The number of hydrogen-bond donors (Lipinski definition) is 1. The number of nitrogens with zero attached hydrogens (tertiary/aromatic N) is 1. The van der Waals surface area contributed by atoms with Crippen molar-refractivity contribution in [3.05, 3.63) is 34.9 Å². The summed E-state index contributed by atoms with van der Waals surface area (Å²) >= 11 is 5.77. The molecular formula is C11H14ClF3N2. The molecule has 0 aliphatic rings. The van der Waals surface area contributed by atoms with Crippen LogP contribution in [0.5, 0.6) is 0 Å². The lowest BCUT2D eigenvalue weighted by molar-refractivity contribution is -0.178. The predicted molar refractivity (Wildman–Crippen MR) is 61.8 cm³/mol. The zero-order valence-corrected chi connectivity index (χ0v) is 10.1. The van der Waals surface area contributed by atoms with Crippen molar-refractivity contribution in [1.82, 2.24) is 4.90 Å². The Hall–Kier alpha value is -0.780. The molecule has 0 aliphatic carbocycles. The lowest BCUT2D eigenvalue weighted by Crippen LogP contribution is -2.48. The van der Waals surface area contributed by atoms with Gasteiger partial charge in [-0.1, -0.05) is 23.7 Å². The maximum atomic E-state index is 12.6. The van der Waals surface area contributed by atoms with Crippen LogP contribution in [0, 0.1) is 0 Å². The van der Waals surface area contributed by atoms with E-state index in [1.807, 2.05) is 0 Å². The molecule has 6 heteroatoms. The molecule has 0 aromatic heterocycles. The average molecular weight is 267 g/mol. The lowest BCUT2D eigenvalue weighted by atomic mass is 10.2. The fourth-order valence-corrected chi connectivity index (χ4v) is 1.81. The van der Waals surface area contributed by atoms with Crippen molar-refractivity contribution in [1.29, 1.82) is 0 Å². The first kappa shape index (κ1) is 14.3. The van der Waals surface area contributed by atoms with Gasteiger partial charge in [0.05, 0.1) is 0 Å². The van der Waals surface area contributed by atoms with Gasteiger partial charge in [0.1, 0.15) is 6.04 Å². The SMILES string of the molecule is CN(Cc1cccc(Cl)c1)C(CN)C(F)(F)F. The molecular weight excluding hydrogens is 253 g/mol. The zero-order valence-electron chi connectivity index (χ0n) is 9.34. The Kier molecular flexibility index (Phi) is 4.80. The first-order chi connectivity index (χ1) is 7.84. The van der Waals surface area contributed by atoms with Crippen LogP contribution < -0.4 is 5.73 Å². The number of likely N-dealkylation sites (N-methyl/N-ethyl adjacent to an activating group) is 1. The van der Waals surface area contributed by atoms with E-state index in [0.29, 0.717) is 5.02 Å². The number of halogens is 4. The van der Waals surface area contributed by atoms with Crippen LogP contribution in [0.15, 0.2) is 24.3 Å². The summed E-state index contributed by atoms with van der Waals surface area (Å²) in [5, 5.41) is 0.507. The Labute approximate surface area is 103 Å². The Morgan fingerprint density at radius 2 is 2.06 bits per heavy atom. The van der Waals surface area contributed by atoms with E-state index in [0.717, 1.165) is 5.56 Å². The Bertz CT molecular complexity index is 368. The van der Waals surface area contributed by atoms with Crippen molar-refractivity contribution >= 4 is 11.6 Å². The summed E-state index contributed by atoms with van der Waals surface area (Å²) < 4.78 is 37.8. The van der Waals surface area contributed by atoms with Gasteiger partial charge in [-0.25, -0.2) is 0 Å². The average Bonchev–Trinajstić information content (AvgIpc) is 2.15. The second kappa shape index (κ2) is 5.71. The minimum Gasteiger partial charge on any atom is -0.329 e. The summed E-state index contributed by atoms with van der Waals surface area (Å²) in [5.74, 6) is 0. The van der Waals surface area contributed by atoms with Gasteiger partial charge in [0.15, 0.2) is 0 Å². The minimum absolute atomic E-state index is 0.155. The highest BCUT2D eigenvalue weighted by atomic mass is 35.5. The zero-order chi connectivity index (χ0) is 13.1. The van der Waals surface area contributed by atoms with Crippen LogP contribution in [0.3, 0.4) is 0 Å². The number of hydrogen-bond acceptors (Lipinski definition) is 2. The summed E-state index contributed by atoms with van der Waals surface area (Å²) in [6.45, 7) is -0.303. The summed E-state index contributed by atoms with van der Waals surface area (Å²) in [7, 11) is 1.39. The molecule has 0 amide bonds. The van der Waals surface area contributed by atoms with E-state index in [-0.39, 0.29) is 6.54 Å². The monoisotopic (exact) mass is 266 g/mol. The number of nitrogens with two attached hydrogens (primary N) is 1. The molecule has 1 aromatic carbocycles. The number of alkyl halides is 3. The minimum atomic E-state index is -4.32. The molecule has 0 heterocycles. The molecule has 1 unspecified atom stereocenters. The third-order valence-electron chi connectivity index (χ3n) is 2.45. The van der Waals surface area contributed by atoms with Crippen LogP contribution >= 0.6 is 11.6 Å². The van der Waals surface area contributed by atoms with Gasteiger partial charge in [0, 0.05) is 18.1 Å². The molecule has 1 aromatic rings. The third-order valence-corrected chi connectivity index (χ3v) is 2.69. The van der Waals surface area contributed by atoms with Gasteiger partial charge in [-0.2, -0.15) is 13.2 Å². The highest BCUT2D eigenvalue weighted by Gasteiger charge is 2.41. The smallest absolute Gasteiger partial charge is 0.329 e. The Morgan fingerprint density at radius 1 is 1.41 bits per heavy atom. The lowest BCUT2D eigenvalue weighted by Gasteiger charge is -2.28. The van der Waals surface area contributed by atoms with E-state index >= 15 is 0 Å².